The van der Waals surface area contributed by atoms with Crippen LogP contribution in [0.2, 0.25) is 0 Å². The van der Waals surface area contributed by atoms with E-state index in [0.717, 1.165) is 23.9 Å². The fourth-order valence-corrected chi connectivity index (χ4v) is 7.32. The number of oxazole rings is 1. The SMILES string of the molecule is O=C(Nc1cccc(-c2ncc(-c3ccc4[nH]c([C@@H]5CCCN5C(=O)[C@H](O)c5ccccc5)nc4c3)o2)c1)[C@@H]1CCCN1C(=O)[C@H](O)c1ccccc1. The summed E-state index contributed by atoms with van der Waals surface area (Å²) in [5.41, 5.74) is 4.51. The quantitative estimate of drug-likeness (QED) is 0.143. The predicted molar refractivity (Wildman–Crippen MR) is 197 cm³/mol. The van der Waals surface area contributed by atoms with Crippen LogP contribution >= 0.6 is 0 Å². The van der Waals surface area contributed by atoms with Crippen LogP contribution in [0.3, 0.4) is 0 Å². The Labute approximate surface area is 305 Å². The molecule has 2 saturated heterocycles. The number of rotatable bonds is 9. The summed E-state index contributed by atoms with van der Waals surface area (Å²) in [5.74, 6) is 0.394. The number of benzene rings is 4. The summed E-state index contributed by atoms with van der Waals surface area (Å²) in [6.45, 7) is 0.932. The van der Waals surface area contributed by atoms with Crippen LogP contribution in [0.4, 0.5) is 5.69 Å². The van der Waals surface area contributed by atoms with Crippen LogP contribution in [0.1, 0.15) is 60.9 Å². The number of nitrogens with one attached hydrogen (secondary N) is 2. The molecule has 0 spiro atoms. The fourth-order valence-electron chi connectivity index (χ4n) is 7.32. The predicted octanol–water partition coefficient (Wildman–Crippen LogP) is 5.95. The number of nitrogens with zero attached hydrogens (tertiary/aromatic N) is 4. The molecule has 268 valence electrons. The molecule has 2 aromatic heterocycles. The van der Waals surface area contributed by atoms with Gasteiger partial charge in [-0.15, -0.1) is 0 Å². The van der Waals surface area contributed by atoms with Gasteiger partial charge in [0.2, 0.25) is 11.8 Å². The first kappa shape index (κ1) is 34.0. The minimum Gasteiger partial charge on any atom is -0.436 e. The van der Waals surface area contributed by atoms with Crippen molar-refractivity contribution in [3.8, 4) is 22.8 Å². The van der Waals surface area contributed by atoms with E-state index in [2.05, 4.69) is 15.3 Å². The monoisotopic (exact) mass is 710 g/mol. The van der Waals surface area contributed by atoms with E-state index in [-0.39, 0.29) is 17.9 Å². The summed E-state index contributed by atoms with van der Waals surface area (Å²) in [6, 6.07) is 29.5. The number of H-pyrrole nitrogens is 1. The Morgan fingerprint density at radius 1 is 0.774 bits per heavy atom. The van der Waals surface area contributed by atoms with Crippen molar-refractivity contribution in [3.05, 3.63) is 126 Å². The van der Waals surface area contributed by atoms with Gasteiger partial charge in [-0.25, -0.2) is 9.97 Å². The first-order valence-corrected chi connectivity index (χ1v) is 17.8. The fraction of sp³-hybridized carbons (Fsp3) is 0.244. The Balaban J connectivity index is 0.952. The number of aliphatic hydroxyl groups is 2. The van der Waals surface area contributed by atoms with Crippen LogP contribution in [-0.4, -0.2) is 71.8 Å². The summed E-state index contributed by atoms with van der Waals surface area (Å²) in [7, 11) is 0. The zero-order valence-corrected chi connectivity index (χ0v) is 28.8. The molecule has 53 heavy (non-hydrogen) atoms. The molecule has 4 N–H and O–H groups in total. The van der Waals surface area contributed by atoms with Gasteiger partial charge in [-0.05, 0) is 73.2 Å². The molecule has 0 unspecified atom stereocenters. The lowest BCUT2D eigenvalue weighted by Crippen LogP contribution is -2.45. The van der Waals surface area contributed by atoms with Gasteiger partial charge in [0.25, 0.3) is 11.8 Å². The van der Waals surface area contributed by atoms with E-state index in [1.165, 1.54) is 4.90 Å². The Morgan fingerprint density at radius 3 is 2.19 bits per heavy atom. The summed E-state index contributed by atoms with van der Waals surface area (Å²) in [6.07, 6.45) is 1.77. The number of hydrogen-bond donors (Lipinski definition) is 4. The van der Waals surface area contributed by atoms with E-state index in [1.54, 1.807) is 77.8 Å². The maximum absolute atomic E-state index is 13.4. The molecule has 4 heterocycles. The third-order valence-electron chi connectivity index (χ3n) is 10.1. The van der Waals surface area contributed by atoms with Crippen LogP contribution < -0.4 is 5.32 Å². The van der Waals surface area contributed by atoms with Gasteiger partial charge >= 0.3 is 0 Å². The molecule has 4 aromatic carbocycles. The number of hydrogen-bond acceptors (Lipinski definition) is 8. The largest absolute Gasteiger partial charge is 0.436 e. The summed E-state index contributed by atoms with van der Waals surface area (Å²) in [4.78, 5) is 55.8. The van der Waals surface area contributed by atoms with Crippen molar-refractivity contribution < 1.29 is 29.0 Å². The van der Waals surface area contributed by atoms with Gasteiger partial charge in [-0.3, -0.25) is 14.4 Å². The van der Waals surface area contributed by atoms with E-state index in [1.807, 2.05) is 36.4 Å². The van der Waals surface area contributed by atoms with Crippen LogP contribution in [0.5, 0.6) is 0 Å². The molecule has 0 saturated carbocycles. The minimum absolute atomic E-state index is 0.278. The van der Waals surface area contributed by atoms with Crippen molar-refractivity contribution in [1.29, 1.82) is 0 Å². The molecule has 4 atom stereocenters. The zero-order chi connectivity index (χ0) is 36.5. The minimum atomic E-state index is -1.34. The van der Waals surface area contributed by atoms with Crippen LogP contribution in [-0.2, 0) is 14.4 Å². The van der Waals surface area contributed by atoms with Crippen molar-refractivity contribution >= 4 is 34.4 Å². The van der Waals surface area contributed by atoms with Crippen molar-refractivity contribution in [2.75, 3.05) is 18.4 Å². The van der Waals surface area contributed by atoms with Gasteiger partial charge in [0.1, 0.15) is 11.9 Å². The molecule has 12 heteroatoms. The Morgan fingerprint density at radius 2 is 1.45 bits per heavy atom. The molecule has 6 aromatic rings. The second kappa shape index (κ2) is 14.5. The number of anilines is 1. The van der Waals surface area contributed by atoms with E-state index in [9.17, 15) is 24.6 Å². The molecule has 12 nitrogen and oxygen atoms in total. The Hall–Kier alpha value is -6.11. The molecular weight excluding hydrogens is 672 g/mol. The highest BCUT2D eigenvalue weighted by Gasteiger charge is 2.38. The second-order valence-corrected chi connectivity index (χ2v) is 13.5. The third-order valence-corrected chi connectivity index (χ3v) is 10.1. The molecular formula is C41H38N6O6. The highest BCUT2D eigenvalue weighted by molar-refractivity contribution is 5.98. The number of carbonyl (C=O) groups is 3. The van der Waals surface area contributed by atoms with Gasteiger partial charge in [0, 0.05) is 29.9 Å². The number of carbonyl (C=O) groups excluding carboxylic acids is 3. The zero-order valence-electron chi connectivity index (χ0n) is 28.8. The lowest BCUT2D eigenvalue weighted by Gasteiger charge is -2.26. The average molecular weight is 711 g/mol. The first-order chi connectivity index (χ1) is 25.8. The molecule has 2 aliphatic rings. The van der Waals surface area contributed by atoms with Crippen molar-refractivity contribution in [2.24, 2.45) is 0 Å². The van der Waals surface area contributed by atoms with Gasteiger partial charge in [0.15, 0.2) is 18.0 Å². The van der Waals surface area contributed by atoms with Gasteiger partial charge in [-0.2, -0.15) is 0 Å². The lowest BCUT2D eigenvalue weighted by atomic mass is 10.1. The Kier molecular flexibility index (Phi) is 9.30. The highest BCUT2D eigenvalue weighted by Crippen LogP contribution is 2.35. The number of likely N-dealkylation sites (tertiary alicyclic amines) is 2. The van der Waals surface area contributed by atoms with Crippen LogP contribution in [0.15, 0.2) is 114 Å². The third kappa shape index (κ3) is 6.82. The maximum Gasteiger partial charge on any atom is 0.256 e. The maximum atomic E-state index is 13.4. The van der Waals surface area contributed by atoms with E-state index < -0.39 is 24.2 Å². The smallest absolute Gasteiger partial charge is 0.256 e. The number of aromatic amines is 1. The van der Waals surface area contributed by atoms with Crippen molar-refractivity contribution in [3.63, 3.8) is 0 Å². The molecule has 3 amide bonds. The summed E-state index contributed by atoms with van der Waals surface area (Å²) >= 11 is 0. The number of fused-ring (bicyclic) bond motifs is 1. The van der Waals surface area contributed by atoms with E-state index >= 15 is 0 Å². The number of aromatic nitrogens is 3. The second-order valence-electron chi connectivity index (χ2n) is 13.5. The van der Waals surface area contributed by atoms with Crippen molar-refractivity contribution in [1.82, 2.24) is 24.8 Å². The average Bonchev–Trinajstić information content (AvgIpc) is 4.03. The molecule has 8 rings (SSSR count). The first-order valence-electron chi connectivity index (χ1n) is 17.8. The van der Waals surface area contributed by atoms with Crippen LogP contribution in [0.25, 0.3) is 33.8 Å². The normalized spacial score (nSPS) is 18.3. The van der Waals surface area contributed by atoms with E-state index in [4.69, 9.17) is 9.40 Å². The summed E-state index contributed by atoms with van der Waals surface area (Å²) in [5, 5.41) is 24.4. The topological polar surface area (TPSA) is 165 Å². The number of amides is 3. The van der Waals surface area contributed by atoms with Gasteiger partial charge in [0.05, 0.1) is 23.3 Å². The van der Waals surface area contributed by atoms with Crippen LogP contribution in [0, 0.1) is 0 Å². The molecule has 2 aliphatic heterocycles. The standard InChI is InChI=1S/C41H38N6O6/c48-35(25-10-3-1-4-11-25)40(51)46-20-8-16-32(46)37-44-30-19-18-27(23-31(30)45-37)34-24-42-39(53-34)28-14-7-15-29(22-28)43-38(50)33-17-9-21-47(33)41(52)36(49)26-12-5-2-6-13-26/h1-7,10-15,18-19,22-24,32-33,35-36,48-49H,8-9,16-17,20-21H2,(H,43,50)(H,44,45)/t32-,33-,35+,36+/m0/s1. The van der Waals surface area contributed by atoms with Crippen molar-refractivity contribution in [2.45, 2.75) is 50.0 Å². The molecule has 0 aliphatic carbocycles. The number of imidazole rings is 1. The molecule has 0 bridgehead atoms. The highest BCUT2D eigenvalue weighted by atomic mass is 16.4. The molecule has 2 fully saturated rings. The number of aliphatic hydroxyl groups excluding tert-OH is 2. The molecule has 0 radical (unpaired) electrons. The lowest BCUT2D eigenvalue weighted by molar-refractivity contribution is -0.144. The Bertz CT molecular complexity index is 2270. The van der Waals surface area contributed by atoms with Gasteiger partial charge < -0.3 is 34.7 Å². The van der Waals surface area contributed by atoms with Gasteiger partial charge in [-0.1, -0.05) is 66.7 Å². The summed E-state index contributed by atoms with van der Waals surface area (Å²) < 4.78 is 6.18. The van der Waals surface area contributed by atoms with E-state index in [0.29, 0.717) is 71.3 Å².